The Kier molecular flexibility index (Phi) is 2.93. The van der Waals surface area contributed by atoms with E-state index in [1.807, 2.05) is 0 Å². The van der Waals surface area contributed by atoms with Gasteiger partial charge in [-0.05, 0) is 22.0 Å². The molecule has 0 atom stereocenters. The number of hydrogen-bond donors (Lipinski definition) is 0. The summed E-state index contributed by atoms with van der Waals surface area (Å²) in [6.07, 6.45) is 0. The second kappa shape index (κ2) is 3.60. The van der Waals surface area contributed by atoms with Crippen LogP contribution in [0.1, 0.15) is 0 Å². The van der Waals surface area contributed by atoms with Crippen LogP contribution in [0, 0.1) is 10.1 Å². The summed E-state index contributed by atoms with van der Waals surface area (Å²) in [7, 11) is 0. The fourth-order valence-corrected chi connectivity index (χ4v) is 1.52. The first kappa shape index (κ1) is 9.77. The van der Waals surface area contributed by atoms with Crippen molar-refractivity contribution >= 4 is 44.8 Å². The van der Waals surface area contributed by atoms with Crippen molar-refractivity contribution in [2.24, 2.45) is 0 Å². The fourth-order valence-electron chi connectivity index (χ4n) is 0.652. The Balaban J connectivity index is 3.33. The van der Waals surface area contributed by atoms with Gasteiger partial charge in [-0.2, -0.15) is 0 Å². The van der Waals surface area contributed by atoms with Gasteiger partial charge in [-0.15, -0.1) is 0 Å². The third kappa shape index (κ3) is 1.88. The molecule has 0 aromatic heterocycles. The normalized spacial score (nSPS) is 9.92. The SMILES string of the molecule is O=[N+]([O-])c1cc(Cl)c(Br)cc1Cl. The van der Waals surface area contributed by atoms with Gasteiger partial charge in [0.05, 0.1) is 9.95 Å². The topological polar surface area (TPSA) is 43.1 Å². The average molecular weight is 271 g/mol. The van der Waals surface area contributed by atoms with Crippen molar-refractivity contribution < 1.29 is 4.92 Å². The van der Waals surface area contributed by atoms with E-state index in [9.17, 15) is 10.1 Å². The predicted octanol–water partition coefficient (Wildman–Crippen LogP) is 3.66. The van der Waals surface area contributed by atoms with Crippen LogP contribution in [-0.4, -0.2) is 4.92 Å². The smallest absolute Gasteiger partial charge is 0.258 e. The molecule has 0 aliphatic rings. The summed E-state index contributed by atoms with van der Waals surface area (Å²) in [5.41, 5.74) is -0.190. The van der Waals surface area contributed by atoms with E-state index in [2.05, 4.69) is 15.9 Å². The molecular weight excluding hydrogens is 269 g/mol. The molecule has 0 amide bonds. The minimum absolute atomic E-state index is 0.0660. The first-order valence-corrected chi connectivity index (χ1v) is 4.36. The van der Waals surface area contributed by atoms with Crippen molar-refractivity contribution in [3.05, 3.63) is 36.8 Å². The largest absolute Gasteiger partial charge is 0.289 e. The van der Waals surface area contributed by atoms with E-state index < -0.39 is 4.92 Å². The van der Waals surface area contributed by atoms with Crippen LogP contribution in [0.2, 0.25) is 10.0 Å². The van der Waals surface area contributed by atoms with Crippen molar-refractivity contribution in [2.45, 2.75) is 0 Å². The van der Waals surface area contributed by atoms with Crippen molar-refractivity contribution in [1.82, 2.24) is 0 Å². The molecule has 1 rings (SSSR count). The third-order valence-corrected chi connectivity index (χ3v) is 2.69. The maximum atomic E-state index is 10.3. The van der Waals surface area contributed by atoms with Crippen LogP contribution in [0.15, 0.2) is 16.6 Å². The molecule has 1 aromatic carbocycles. The Bertz CT molecular complexity index is 343. The van der Waals surface area contributed by atoms with E-state index in [1.54, 1.807) is 0 Å². The van der Waals surface area contributed by atoms with Crippen LogP contribution in [0.25, 0.3) is 0 Å². The molecule has 0 N–H and O–H groups in total. The molecule has 0 bridgehead atoms. The number of halogens is 3. The summed E-state index contributed by atoms with van der Waals surface area (Å²) in [4.78, 5) is 9.75. The highest BCUT2D eigenvalue weighted by molar-refractivity contribution is 9.10. The molecule has 0 aliphatic heterocycles. The molecule has 64 valence electrons. The Morgan fingerprint density at radius 1 is 1.33 bits per heavy atom. The van der Waals surface area contributed by atoms with Gasteiger partial charge in [0.25, 0.3) is 5.69 Å². The highest BCUT2D eigenvalue weighted by Crippen LogP contribution is 2.33. The third-order valence-electron chi connectivity index (χ3n) is 1.19. The summed E-state index contributed by atoms with van der Waals surface area (Å²) in [5.74, 6) is 0. The number of hydrogen-bond acceptors (Lipinski definition) is 2. The van der Waals surface area contributed by atoms with Gasteiger partial charge in [-0.1, -0.05) is 23.2 Å². The molecular formula is C6H2BrCl2NO2. The molecule has 0 fully saturated rings. The highest BCUT2D eigenvalue weighted by Gasteiger charge is 2.14. The molecule has 1 aromatic rings. The molecule has 0 saturated heterocycles. The Morgan fingerprint density at radius 3 is 2.42 bits per heavy atom. The van der Waals surface area contributed by atoms with Crippen molar-refractivity contribution in [1.29, 1.82) is 0 Å². The lowest BCUT2D eigenvalue weighted by atomic mass is 10.3. The molecule has 0 heterocycles. The van der Waals surface area contributed by atoms with E-state index in [0.717, 1.165) is 0 Å². The monoisotopic (exact) mass is 269 g/mol. The quantitative estimate of drug-likeness (QED) is 0.444. The molecule has 12 heavy (non-hydrogen) atoms. The van der Waals surface area contributed by atoms with Crippen LogP contribution >= 0.6 is 39.1 Å². The predicted molar refractivity (Wildman–Crippen MR) is 50.8 cm³/mol. The van der Waals surface area contributed by atoms with Gasteiger partial charge in [0.15, 0.2) is 0 Å². The zero-order valence-corrected chi connectivity index (χ0v) is 8.65. The van der Waals surface area contributed by atoms with Gasteiger partial charge in [-0.3, -0.25) is 10.1 Å². The van der Waals surface area contributed by atoms with E-state index in [4.69, 9.17) is 23.2 Å². The fraction of sp³-hybridized carbons (Fsp3) is 0. The van der Waals surface area contributed by atoms with Crippen molar-refractivity contribution in [3.63, 3.8) is 0 Å². The first-order valence-electron chi connectivity index (χ1n) is 2.81. The lowest BCUT2D eigenvalue weighted by Crippen LogP contribution is -1.88. The lowest BCUT2D eigenvalue weighted by Gasteiger charge is -1.97. The second-order valence-electron chi connectivity index (χ2n) is 1.97. The standard InChI is InChI=1S/C6H2BrCl2NO2/c7-3-1-5(9)6(10(11)12)2-4(3)8/h1-2H. The second-order valence-corrected chi connectivity index (χ2v) is 3.64. The van der Waals surface area contributed by atoms with E-state index in [-0.39, 0.29) is 15.7 Å². The average Bonchev–Trinajstić information content (AvgIpc) is 1.96. The van der Waals surface area contributed by atoms with Crippen LogP contribution in [0.4, 0.5) is 5.69 Å². The van der Waals surface area contributed by atoms with Gasteiger partial charge in [0.2, 0.25) is 0 Å². The number of nitro benzene ring substituents is 1. The molecule has 0 radical (unpaired) electrons. The first-order chi connectivity index (χ1) is 5.52. The number of rotatable bonds is 1. The summed E-state index contributed by atoms with van der Waals surface area (Å²) in [5, 5.41) is 10.7. The molecule has 0 saturated carbocycles. The molecule has 0 spiro atoms. The van der Waals surface area contributed by atoms with Crippen LogP contribution in [0.3, 0.4) is 0 Å². The zero-order valence-electron chi connectivity index (χ0n) is 5.55. The Morgan fingerprint density at radius 2 is 1.92 bits per heavy atom. The number of nitrogens with zero attached hydrogens (tertiary/aromatic N) is 1. The van der Waals surface area contributed by atoms with E-state index in [1.165, 1.54) is 12.1 Å². The van der Waals surface area contributed by atoms with E-state index in [0.29, 0.717) is 4.47 Å². The Hall–Kier alpha value is -0.320. The minimum Gasteiger partial charge on any atom is -0.258 e. The van der Waals surface area contributed by atoms with Gasteiger partial charge < -0.3 is 0 Å². The number of nitro groups is 1. The number of benzene rings is 1. The molecule has 0 unspecified atom stereocenters. The maximum Gasteiger partial charge on any atom is 0.289 e. The van der Waals surface area contributed by atoms with Crippen LogP contribution < -0.4 is 0 Å². The van der Waals surface area contributed by atoms with Gasteiger partial charge >= 0.3 is 0 Å². The molecule has 0 aliphatic carbocycles. The highest BCUT2D eigenvalue weighted by atomic mass is 79.9. The van der Waals surface area contributed by atoms with Gasteiger partial charge in [0, 0.05) is 10.5 Å². The minimum atomic E-state index is -0.583. The molecule has 3 nitrogen and oxygen atoms in total. The lowest BCUT2D eigenvalue weighted by molar-refractivity contribution is -0.384. The molecule has 6 heteroatoms. The van der Waals surface area contributed by atoms with Crippen LogP contribution in [-0.2, 0) is 0 Å². The Labute approximate surface area is 86.6 Å². The summed E-state index contributed by atoms with van der Waals surface area (Å²) < 4.78 is 0.541. The van der Waals surface area contributed by atoms with Gasteiger partial charge in [0.1, 0.15) is 5.02 Å². The zero-order chi connectivity index (χ0) is 9.30. The van der Waals surface area contributed by atoms with Crippen LogP contribution in [0.5, 0.6) is 0 Å². The summed E-state index contributed by atoms with van der Waals surface area (Å²) >= 11 is 14.3. The van der Waals surface area contributed by atoms with E-state index >= 15 is 0 Å². The summed E-state index contributed by atoms with van der Waals surface area (Å²) in [6.45, 7) is 0. The van der Waals surface area contributed by atoms with Gasteiger partial charge in [-0.25, -0.2) is 0 Å². The van der Waals surface area contributed by atoms with Crippen molar-refractivity contribution in [3.8, 4) is 0 Å². The summed E-state index contributed by atoms with van der Waals surface area (Å²) in [6, 6.07) is 2.59. The van der Waals surface area contributed by atoms with Crippen molar-refractivity contribution in [2.75, 3.05) is 0 Å². The maximum absolute atomic E-state index is 10.3.